The van der Waals surface area contributed by atoms with Gasteiger partial charge >= 0.3 is 0 Å². The molecule has 0 spiro atoms. The van der Waals surface area contributed by atoms with Gasteiger partial charge in [-0.3, -0.25) is 9.48 Å². The number of carbonyl (C=O) groups excluding carboxylic acids is 1. The van der Waals surface area contributed by atoms with E-state index in [-0.39, 0.29) is 11.9 Å². The molecule has 0 saturated carbocycles. The smallest absolute Gasteiger partial charge is 0.220 e. The lowest BCUT2D eigenvalue weighted by atomic mass is 10.1. The van der Waals surface area contributed by atoms with Gasteiger partial charge in [0.25, 0.3) is 0 Å². The summed E-state index contributed by atoms with van der Waals surface area (Å²) in [7, 11) is 1.63. The number of hydrogen-bond acceptors (Lipinski definition) is 6. The molecule has 3 heterocycles. The first-order chi connectivity index (χ1) is 12.6. The van der Waals surface area contributed by atoms with E-state index in [9.17, 15) is 4.79 Å². The minimum Gasteiger partial charge on any atom is -0.497 e. The number of ether oxygens (including phenoxy) is 1. The van der Waals surface area contributed by atoms with E-state index in [0.717, 1.165) is 34.6 Å². The van der Waals surface area contributed by atoms with Gasteiger partial charge in [-0.1, -0.05) is 0 Å². The molecule has 0 aliphatic carbocycles. The van der Waals surface area contributed by atoms with Crippen LogP contribution < -0.4 is 15.4 Å². The molecule has 3 aromatic rings. The number of amides is 1. The fraction of sp³-hybridized carbons (Fsp3) is 0.333. The molecule has 1 fully saturated rings. The highest BCUT2D eigenvalue weighted by atomic mass is 16.5. The number of nitrogens with zero attached hydrogens (tertiary/aromatic N) is 4. The fourth-order valence-electron chi connectivity index (χ4n) is 3.05. The Morgan fingerprint density at radius 2 is 2.19 bits per heavy atom. The molecule has 1 unspecified atom stereocenters. The van der Waals surface area contributed by atoms with Gasteiger partial charge < -0.3 is 15.4 Å². The van der Waals surface area contributed by atoms with Crippen LogP contribution in [-0.4, -0.2) is 39.3 Å². The van der Waals surface area contributed by atoms with E-state index in [1.807, 2.05) is 36.0 Å². The number of rotatable bonds is 4. The van der Waals surface area contributed by atoms with E-state index < -0.39 is 0 Å². The van der Waals surface area contributed by atoms with Gasteiger partial charge in [-0.25, -0.2) is 9.97 Å². The molecule has 8 nitrogen and oxygen atoms in total. The summed E-state index contributed by atoms with van der Waals surface area (Å²) in [5, 5.41) is 10.6. The molecule has 1 atom stereocenters. The van der Waals surface area contributed by atoms with E-state index in [4.69, 9.17) is 4.74 Å². The topological polar surface area (TPSA) is 94.0 Å². The van der Waals surface area contributed by atoms with Crippen LogP contribution in [-0.2, 0) is 4.79 Å². The van der Waals surface area contributed by atoms with Crippen molar-refractivity contribution < 1.29 is 9.53 Å². The van der Waals surface area contributed by atoms with E-state index in [0.29, 0.717) is 18.8 Å². The summed E-state index contributed by atoms with van der Waals surface area (Å²) in [5.74, 6) is 1.55. The van der Waals surface area contributed by atoms with Gasteiger partial charge in [-0.2, -0.15) is 5.10 Å². The van der Waals surface area contributed by atoms with Gasteiger partial charge in [-0.05, 0) is 25.5 Å². The lowest BCUT2D eigenvalue weighted by molar-refractivity contribution is -0.122. The number of piperidine rings is 1. The van der Waals surface area contributed by atoms with Crippen LogP contribution in [0, 0.1) is 6.92 Å². The Bertz CT molecular complexity index is 957. The molecule has 2 N–H and O–H groups in total. The molecular weight excluding hydrogens is 332 g/mol. The molecule has 4 rings (SSSR count). The number of carbonyl (C=O) groups is 1. The molecule has 1 amide bonds. The maximum absolute atomic E-state index is 11.3. The number of aryl methyl sites for hydroxylation is 1. The second-order valence-corrected chi connectivity index (χ2v) is 6.34. The third-order valence-electron chi connectivity index (χ3n) is 4.52. The zero-order valence-corrected chi connectivity index (χ0v) is 14.7. The lowest BCUT2D eigenvalue weighted by Gasteiger charge is -2.22. The molecule has 8 heteroatoms. The Morgan fingerprint density at radius 1 is 1.31 bits per heavy atom. The Kier molecular flexibility index (Phi) is 4.16. The second-order valence-electron chi connectivity index (χ2n) is 6.34. The van der Waals surface area contributed by atoms with Crippen molar-refractivity contribution >= 4 is 28.4 Å². The quantitative estimate of drug-likeness (QED) is 0.748. The van der Waals surface area contributed by atoms with Crippen LogP contribution in [0.1, 0.15) is 24.6 Å². The van der Waals surface area contributed by atoms with Crippen LogP contribution in [0.15, 0.2) is 30.6 Å². The number of fused-ring (bicyclic) bond motifs is 1. The molecule has 1 aliphatic rings. The van der Waals surface area contributed by atoms with Crippen molar-refractivity contribution in [2.45, 2.75) is 25.8 Å². The fourth-order valence-corrected chi connectivity index (χ4v) is 3.05. The monoisotopic (exact) mass is 352 g/mol. The average Bonchev–Trinajstić information content (AvgIpc) is 3.11. The van der Waals surface area contributed by atoms with Gasteiger partial charge in [0.1, 0.15) is 5.75 Å². The maximum atomic E-state index is 11.3. The van der Waals surface area contributed by atoms with Crippen molar-refractivity contribution in [3.05, 3.63) is 36.3 Å². The standard InChI is InChI=1S/C18H20N6O2/c1-11-18(23-15-5-4-14(26-2)7-16(15)21-11)22-12-8-20-24(10-12)13-3-6-17(25)19-9-13/h4-5,7-8,10,13H,3,6,9H2,1-2H3,(H,19,25)(H,22,23). The summed E-state index contributed by atoms with van der Waals surface area (Å²) in [6, 6.07) is 5.81. The molecular formula is C18H20N6O2. The third-order valence-corrected chi connectivity index (χ3v) is 4.52. The lowest BCUT2D eigenvalue weighted by Crippen LogP contribution is -2.36. The minimum atomic E-state index is 0.102. The van der Waals surface area contributed by atoms with Gasteiger partial charge in [0.15, 0.2) is 5.82 Å². The molecule has 2 aromatic heterocycles. The Morgan fingerprint density at radius 3 is 2.96 bits per heavy atom. The number of aromatic nitrogens is 4. The van der Waals surface area contributed by atoms with Crippen LogP contribution in [0.5, 0.6) is 5.75 Å². The third kappa shape index (κ3) is 3.17. The van der Waals surface area contributed by atoms with Crippen molar-refractivity contribution in [3.63, 3.8) is 0 Å². The first-order valence-corrected chi connectivity index (χ1v) is 8.52. The number of anilines is 2. The van der Waals surface area contributed by atoms with Crippen LogP contribution in [0.4, 0.5) is 11.5 Å². The first-order valence-electron chi connectivity index (χ1n) is 8.52. The summed E-state index contributed by atoms with van der Waals surface area (Å²) in [5.41, 5.74) is 3.22. The summed E-state index contributed by atoms with van der Waals surface area (Å²) in [6.45, 7) is 2.52. The zero-order valence-electron chi connectivity index (χ0n) is 14.7. The Labute approximate surface area is 150 Å². The predicted molar refractivity (Wildman–Crippen MR) is 97.6 cm³/mol. The van der Waals surface area contributed by atoms with Crippen LogP contribution >= 0.6 is 0 Å². The summed E-state index contributed by atoms with van der Waals surface area (Å²) < 4.78 is 7.12. The van der Waals surface area contributed by atoms with Crippen molar-refractivity contribution in [2.75, 3.05) is 19.0 Å². The largest absolute Gasteiger partial charge is 0.497 e. The highest BCUT2D eigenvalue weighted by Gasteiger charge is 2.20. The van der Waals surface area contributed by atoms with Gasteiger partial charge in [0.05, 0.1) is 41.8 Å². The number of hydrogen-bond donors (Lipinski definition) is 2. The Balaban J connectivity index is 1.55. The van der Waals surface area contributed by atoms with Gasteiger partial charge in [-0.15, -0.1) is 0 Å². The molecule has 1 aliphatic heterocycles. The van der Waals surface area contributed by atoms with E-state index >= 15 is 0 Å². The van der Waals surface area contributed by atoms with E-state index in [2.05, 4.69) is 25.7 Å². The minimum absolute atomic E-state index is 0.102. The van der Waals surface area contributed by atoms with Crippen molar-refractivity contribution in [3.8, 4) is 5.75 Å². The predicted octanol–water partition coefficient (Wildman–Crippen LogP) is 2.34. The van der Waals surface area contributed by atoms with Crippen LogP contribution in [0.2, 0.25) is 0 Å². The average molecular weight is 352 g/mol. The highest BCUT2D eigenvalue weighted by Crippen LogP contribution is 2.24. The summed E-state index contributed by atoms with van der Waals surface area (Å²) in [4.78, 5) is 20.6. The molecule has 1 saturated heterocycles. The van der Waals surface area contributed by atoms with Crippen LogP contribution in [0.25, 0.3) is 11.0 Å². The molecule has 0 bridgehead atoms. The molecule has 1 aromatic carbocycles. The van der Waals surface area contributed by atoms with E-state index in [1.165, 1.54) is 0 Å². The number of benzene rings is 1. The molecule has 26 heavy (non-hydrogen) atoms. The van der Waals surface area contributed by atoms with Crippen molar-refractivity contribution in [1.82, 2.24) is 25.1 Å². The van der Waals surface area contributed by atoms with Gasteiger partial charge in [0.2, 0.25) is 5.91 Å². The van der Waals surface area contributed by atoms with E-state index in [1.54, 1.807) is 13.3 Å². The van der Waals surface area contributed by atoms with Crippen molar-refractivity contribution in [2.24, 2.45) is 0 Å². The summed E-state index contributed by atoms with van der Waals surface area (Å²) in [6.07, 6.45) is 5.02. The Hall–Kier alpha value is -3.16. The number of methoxy groups -OCH3 is 1. The SMILES string of the molecule is COc1ccc2nc(Nc3cnn(C4CCC(=O)NC4)c3)c(C)nc2c1. The van der Waals surface area contributed by atoms with Gasteiger partial charge in [0, 0.05) is 25.2 Å². The van der Waals surface area contributed by atoms with Crippen molar-refractivity contribution in [1.29, 1.82) is 0 Å². The maximum Gasteiger partial charge on any atom is 0.220 e. The number of nitrogens with one attached hydrogen (secondary N) is 2. The first kappa shape index (κ1) is 16.3. The normalized spacial score (nSPS) is 17.2. The molecule has 0 radical (unpaired) electrons. The second kappa shape index (κ2) is 6.62. The highest BCUT2D eigenvalue weighted by molar-refractivity contribution is 5.79. The van der Waals surface area contributed by atoms with Crippen LogP contribution in [0.3, 0.4) is 0 Å². The summed E-state index contributed by atoms with van der Waals surface area (Å²) >= 11 is 0. The molecule has 134 valence electrons. The zero-order chi connectivity index (χ0) is 18.1.